The molecule has 0 heterocycles. The highest BCUT2D eigenvalue weighted by Gasteiger charge is 2.35. The van der Waals surface area contributed by atoms with Gasteiger partial charge in [0, 0.05) is 12.6 Å². The molecule has 0 spiro atoms. The largest absolute Gasteiger partial charge is 0.481 e. The van der Waals surface area contributed by atoms with Crippen LogP contribution in [0.3, 0.4) is 0 Å². The number of alkyl carbamates (subject to hydrolysis) is 2. The Morgan fingerprint density at radius 1 is 0.966 bits per heavy atom. The van der Waals surface area contributed by atoms with Gasteiger partial charge in [0.05, 0.1) is 5.92 Å². The molecule has 1 rings (SSSR count). The zero-order valence-corrected chi connectivity index (χ0v) is 18.8. The summed E-state index contributed by atoms with van der Waals surface area (Å²) in [5, 5.41) is 15.2. The molecule has 8 heteroatoms. The number of carboxylic acids is 1. The Morgan fingerprint density at radius 3 is 2.00 bits per heavy atom. The topological polar surface area (TPSA) is 114 Å². The molecule has 3 N–H and O–H groups in total. The molecule has 0 bridgehead atoms. The van der Waals surface area contributed by atoms with Crippen molar-refractivity contribution in [2.45, 2.75) is 91.4 Å². The van der Waals surface area contributed by atoms with Crippen molar-refractivity contribution in [3.8, 4) is 0 Å². The Labute approximate surface area is 174 Å². The predicted molar refractivity (Wildman–Crippen MR) is 110 cm³/mol. The summed E-state index contributed by atoms with van der Waals surface area (Å²) in [4.78, 5) is 35.8. The molecule has 168 valence electrons. The van der Waals surface area contributed by atoms with Crippen LogP contribution in [0.4, 0.5) is 9.59 Å². The summed E-state index contributed by atoms with van der Waals surface area (Å²) in [5.74, 6) is -1.32. The van der Waals surface area contributed by atoms with Crippen molar-refractivity contribution < 1.29 is 29.0 Å². The zero-order valence-electron chi connectivity index (χ0n) is 18.8. The Morgan fingerprint density at radius 2 is 1.48 bits per heavy atom. The van der Waals surface area contributed by atoms with E-state index in [-0.39, 0.29) is 11.8 Å². The van der Waals surface area contributed by atoms with Crippen LogP contribution >= 0.6 is 0 Å². The zero-order chi connectivity index (χ0) is 22.4. The molecule has 0 radical (unpaired) electrons. The summed E-state index contributed by atoms with van der Waals surface area (Å²) in [6, 6.07) is -0.567. The second kappa shape index (κ2) is 10.2. The molecule has 2 amide bonds. The maximum Gasteiger partial charge on any atom is 0.407 e. The van der Waals surface area contributed by atoms with E-state index in [1.165, 1.54) is 0 Å². The normalized spacial score (nSPS) is 21.8. The Hall–Kier alpha value is -1.99. The van der Waals surface area contributed by atoms with Crippen LogP contribution in [-0.4, -0.2) is 47.1 Å². The van der Waals surface area contributed by atoms with Gasteiger partial charge < -0.3 is 25.2 Å². The molecule has 0 saturated heterocycles. The Kier molecular flexibility index (Phi) is 8.78. The summed E-state index contributed by atoms with van der Waals surface area (Å²) in [5.41, 5.74) is -1.21. The number of ether oxygens (including phenoxy) is 2. The first-order valence-corrected chi connectivity index (χ1v) is 10.4. The Balaban J connectivity index is 2.63. The third-order valence-electron chi connectivity index (χ3n) is 4.95. The molecule has 1 aliphatic carbocycles. The van der Waals surface area contributed by atoms with Gasteiger partial charge in [0.1, 0.15) is 11.2 Å². The number of hydrogen-bond acceptors (Lipinski definition) is 5. The third-order valence-corrected chi connectivity index (χ3v) is 4.95. The lowest BCUT2D eigenvalue weighted by Crippen LogP contribution is -2.44. The van der Waals surface area contributed by atoms with Crippen LogP contribution in [0, 0.1) is 17.8 Å². The van der Waals surface area contributed by atoms with E-state index in [0.29, 0.717) is 13.0 Å². The van der Waals surface area contributed by atoms with Crippen LogP contribution in [0.15, 0.2) is 0 Å². The van der Waals surface area contributed by atoms with Gasteiger partial charge in [-0.1, -0.05) is 12.8 Å². The van der Waals surface area contributed by atoms with Crippen molar-refractivity contribution >= 4 is 18.2 Å². The van der Waals surface area contributed by atoms with Gasteiger partial charge in [0.2, 0.25) is 0 Å². The molecule has 0 aliphatic heterocycles. The number of hydrogen-bond donors (Lipinski definition) is 3. The fraction of sp³-hybridized carbons (Fsp3) is 0.857. The molecule has 4 unspecified atom stereocenters. The lowest BCUT2D eigenvalue weighted by Gasteiger charge is -2.28. The highest BCUT2D eigenvalue weighted by molar-refractivity contribution is 5.73. The SMILES string of the molecule is CC(NC(=O)OC(C)(C)C)C(CC1CCCC1CNC(=O)OC(C)(C)C)C(=O)O. The fourth-order valence-corrected chi connectivity index (χ4v) is 3.66. The van der Waals surface area contributed by atoms with E-state index in [1.54, 1.807) is 27.7 Å². The van der Waals surface area contributed by atoms with E-state index in [0.717, 1.165) is 19.3 Å². The van der Waals surface area contributed by atoms with E-state index in [9.17, 15) is 19.5 Å². The molecule has 4 atom stereocenters. The highest BCUT2D eigenvalue weighted by Crippen LogP contribution is 2.36. The van der Waals surface area contributed by atoms with Gasteiger partial charge in [-0.25, -0.2) is 9.59 Å². The minimum absolute atomic E-state index is 0.161. The molecule has 29 heavy (non-hydrogen) atoms. The minimum Gasteiger partial charge on any atom is -0.481 e. The molecular formula is C21H38N2O6. The van der Waals surface area contributed by atoms with Gasteiger partial charge >= 0.3 is 18.2 Å². The number of carbonyl (C=O) groups is 3. The summed E-state index contributed by atoms with van der Waals surface area (Å²) in [7, 11) is 0. The lowest BCUT2D eigenvalue weighted by molar-refractivity contribution is -0.143. The number of amides is 2. The van der Waals surface area contributed by atoms with Crippen LogP contribution in [-0.2, 0) is 14.3 Å². The molecule has 0 aromatic heterocycles. The second-order valence-electron chi connectivity index (χ2n) is 9.95. The van der Waals surface area contributed by atoms with Crippen LogP contribution in [0.1, 0.15) is 74.1 Å². The minimum atomic E-state index is -0.945. The fourth-order valence-electron chi connectivity index (χ4n) is 3.66. The number of carbonyl (C=O) groups excluding carboxylic acids is 2. The standard InChI is InChI=1S/C21H38N2O6/c1-13(23-19(27)29-21(5,6)7)16(17(24)25)11-14-9-8-10-15(14)12-22-18(26)28-20(2,3)4/h13-16H,8-12H2,1-7H3,(H,22,26)(H,23,27)(H,24,25). The lowest BCUT2D eigenvalue weighted by atomic mass is 9.83. The van der Waals surface area contributed by atoms with Crippen molar-refractivity contribution in [2.75, 3.05) is 6.54 Å². The van der Waals surface area contributed by atoms with Gasteiger partial charge in [-0.05, 0) is 73.1 Å². The first kappa shape index (κ1) is 25.0. The monoisotopic (exact) mass is 414 g/mol. The summed E-state index contributed by atoms with van der Waals surface area (Å²) >= 11 is 0. The van der Waals surface area contributed by atoms with Crippen molar-refractivity contribution in [3.05, 3.63) is 0 Å². The molecular weight excluding hydrogens is 376 g/mol. The summed E-state index contributed by atoms with van der Waals surface area (Å²) in [6.45, 7) is 12.8. The highest BCUT2D eigenvalue weighted by atomic mass is 16.6. The predicted octanol–water partition coefficient (Wildman–Crippen LogP) is 3.93. The number of carboxylic acid groups (broad SMARTS) is 1. The van der Waals surface area contributed by atoms with Gasteiger partial charge in [0.25, 0.3) is 0 Å². The van der Waals surface area contributed by atoms with Crippen molar-refractivity contribution in [1.29, 1.82) is 0 Å². The molecule has 1 fully saturated rings. The van der Waals surface area contributed by atoms with Gasteiger partial charge in [-0.2, -0.15) is 0 Å². The van der Waals surface area contributed by atoms with Crippen molar-refractivity contribution in [2.24, 2.45) is 17.8 Å². The summed E-state index contributed by atoms with van der Waals surface area (Å²) < 4.78 is 10.5. The molecule has 8 nitrogen and oxygen atoms in total. The first-order chi connectivity index (χ1) is 13.2. The third kappa shape index (κ3) is 9.85. The number of rotatable bonds is 7. The maximum atomic E-state index is 12.0. The Bertz CT molecular complexity index is 579. The molecule has 1 aliphatic rings. The van der Waals surface area contributed by atoms with Crippen molar-refractivity contribution in [1.82, 2.24) is 10.6 Å². The van der Waals surface area contributed by atoms with Gasteiger partial charge in [0.15, 0.2) is 0 Å². The molecule has 1 saturated carbocycles. The molecule has 0 aromatic carbocycles. The number of nitrogens with one attached hydrogen (secondary N) is 2. The second-order valence-corrected chi connectivity index (χ2v) is 9.95. The van der Waals surface area contributed by atoms with E-state index in [4.69, 9.17) is 9.47 Å². The van der Waals surface area contributed by atoms with E-state index in [1.807, 2.05) is 20.8 Å². The smallest absolute Gasteiger partial charge is 0.407 e. The van der Waals surface area contributed by atoms with Gasteiger partial charge in [-0.3, -0.25) is 4.79 Å². The van der Waals surface area contributed by atoms with Crippen LogP contribution < -0.4 is 10.6 Å². The van der Waals surface area contributed by atoms with E-state index < -0.39 is 41.3 Å². The van der Waals surface area contributed by atoms with Crippen LogP contribution in [0.5, 0.6) is 0 Å². The maximum absolute atomic E-state index is 12.0. The van der Waals surface area contributed by atoms with E-state index >= 15 is 0 Å². The van der Waals surface area contributed by atoms with Gasteiger partial charge in [-0.15, -0.1) is 0 Å². The van der Waals surface area contributed by atoms with Crippen molar-refractivity contribution in [3.63, 3.8) is 0 Å². The first-order valence-electron chi connectivity index (χ1n) is 10.4. The molecule has 0 aromatic rings. The average Bonchev–Trinajstić information content (AvgIpc) is 2.93. The quantitative estimate of drug-likeness (QED) is 0.581. The summed E-state index contributed by atoms with van der Waals surface area (Å²) in [6.07, 6.45) is 2.19. The number of aliphatic carboxylic acids is 1. The van der Waals surface area contributed by atoms with E-state index in [2.05, 4.69) is 10.6 Å². The van der Waals surface area contributed by atoms with Crippen LogP contribution in [0.25, 0.3) is 0 Å². The average molecular weight is 415 g/mol. The van der Waals surface area contributed by atoms with Crippen LogP contribution in [0.2, 0.25) is 0 Å².